The van der Waals surface area contributed by atoms with Crippen LogP contribution in [0, 0.1) is 5.92 Å². The summed E-state index contributed by atoms with van der Waals surface area (Å²) in [5, 5.41) is 2.95. The van der Waals surface area contributed by atoms with E-state index in [1.54, 1.807) is 0 Å². The third-order valence-electron chi connectivity index (χ3n) is 5.31. The fourth-order valence-corrected chi connectivity index (χ4v) is 3.55. The van der Waals surface area contributed by atoms with E-state index in [2.05, 4.69) is 59.2 Å². The van der Waals surface area contributed by atoms with Gasteiger partial charge in [0.05, 0.1) is 13.0 Å². The zero-order valence-corrected chi connectivity index (χ0v) is 18.6. The largest absolute Gasteiger partial charge is 0.494 e. The number of anilines is 1. The van der Waals surface area contributed by atoms with Crippen molar-refractivity contribution in [2.75, 3.05) is 51.3 Å². The average Bonchev–Trinajstić information content (AvgIpc) is 2.74. The molecule has 0 aliphatic carbocycles. The summed E-state index contributed by atoms with van der Waals surface area (Å²) < 4.78 is 5.75. The van der Waals surface area contributed by atoms with Crippen molar-refractivity contribution in [1.29, 1.82) is 0 Å². The van der Waals surface area contributed by atoms with Gasteiger partial charge in [-0.1, -0.05) is 19.9 Å². The van der Waals surface area contributed by atoms with Gasteiger partial charge >= 0.3 is 0 Å². The van der Waals surface area contributed by atoms with Crippen molar-refractivity contribution < 1.29 is 9.53 Å². The first kappa shape index (κ1) is 22.1. The van der Waals surface area contributed by atoms with E-state index in [0.717, 1.165) is 48.7 Å². The second kappa shape index (κ2) is 10.4. The first-order chi connectivity index (χ1) is 14.5. The summed E-state index contributed by atoms with van der Waals surface area (Å²) in [6.07, 6.45) is 2.18. The minimum absolute atomic E-state index is 0.0168. The molecule has 0 bridgehead atoms. The molecule has 0 unspecified atom stereocenters. The van der Waals surface area contributed by atoms with Crippen molar-refractivity contribution in [3.63, 3.8) is 0 Å². The Labute approximate surface area is 180 Å². The Morgan fingerprint density at radius 3 is 2.57 bits per heavy atom. The lowest BCUT2D eigenvalue weighted by Crippen LogP contribution is -2.44. The summed E-state index contributed by atoms with van der Waals surface area (Å²) in [5.74, 6) is 1.35. The lowest BCUT2D eigenvalue weighted by Gasteiger charge is -2.35. The number of hydrogen-bond acceptors (Lipinski definition) is 5. The third-order valence-corrected chi connectivity index (χ3v) is 5.31. The van der Waals surface area contributed by atoms with Gasteiger partial charge in [-0.3, -0.25) is 9.78 Å². The highest BCUT2D eigenvalue weighted by Crippen LogP contribution is 2.34. The second-order valence-electron chi connectivity index (χ2n) is 8.32. The number of carbonyl (C=O) groups is 1. The molecule has 1 amide bonds. The van der Waals surface area contributed by atoms with Crippen molar-refractivity contribution in [2.24, 2.45) is 5.92 Å². The smallest absolute Gasteiger partial charge is 0.226 e. The molecular formula is C24H34N4O2. The fourth-order valence-electron chi connectivity index (χ4n) is 3.55. The minimum Gasteiger partial charge on any atom is -0.494 e. The van der Waals surface area contributed by atoms with Gasteiger partial charge in [-0.05, 0) is 38.1 Å². The zero-order valence-electron chi connectivity index (χ0n) is 18.6. The summed E-state index contributed by atoms with van der Waals surface area (Å²) in [7, 11) is 2.16. The molecule has 1 aromatic carbocycles. The maximum absolute atomic E-state index is 12.1. The van der Waals surface area contributed by atoms with E-state index in [-0.39, 0.29) is 5.91 Å². The molecule has 0 atom stereocenters. The fraction of sp³-hybridized carbons (Fsp3) is 0.500. The number of amides is 1. The first-order valence-corrected chi connectivity index (χ1v) is 10.9. The van der Waals surface area contributed by atoms with Crippen LogP contribution >= 0.6 is 0 Å². The number of piperazine rings is 1. The molecule has 1 fully saturated rings. The Morgan fingerprint density at radius 2 is 1.93 bits per heavy atom. The Bertz CT molecular complexity index is 828. The topological polar surface area (TPSA) is 57.7 Å². The number of likely N-dealkylation sites (N-methyl/N-ethyl adjacent to an activating group) is 1. The van der Waals surface area contributed by atoms with Crippen LogP contribution in [0.1, 0.15) is 26.5 Å². The quantitative estimate of drug-likeness (QED) is 0.724. The predicted octanol–water partition coefficient (Wildman–Crippen LogP) is 3.21. The van der Waals surface area contributed by atoms with Crippen LogP contribution in [0.3, 0.4) is 0 Å². The number of nitrogens with one attached hydrogen (secondary N) is 1. The van der Waals surface area contributed by atoms with Crippen molar-refractivity contribution in [3.05, 3.63) is 42.2 Å². The lowest BCUT2D eigenvalue weighted by atomic mass is 10.0. The van der Waals surface area contributed by atoms with Crippen LogP contribution in [0.4, 0.5) is 5.69 Å². The van der Waals surface area contributed by atoms with Crippen LogP contribution < -0.4 is 15.0 Å². The molecule has 2 aromatic rings. The van der Waals surface area contributed by atoms with E-state index in [1.807, 2.05) is 25.3 Å². The van der Waals surface area contributed by atoms with E-state index >= 15 is 0 Å². The van der Waals surface area contributed by atoms with Crippen LogP contribution in [-0.4, -0.2) is 62.2 Å². The second-order valence-corrected chi connectivity index (χ2v) is 8.32. The van der Waals surface area contributed by atoms with Gasteiger partial charge < -0.3 is 19.9 Å². The molecule has 1 aliphatic heterocycles. The molecule has 0 spiro atoms. The van der Waals surface area contributed by atoms with Gasteiger partial charge in [-0.15, -0.1) is 0 Å². The highest BCUT2D eigenvalue weighted by atomic mass is 16.5. The van der Waals surface area contributed by atoms with Crippen LogP contribution in [0.25, 0.3) is 11.1 Å². The number of hydrogen-bond donors (Lipinski definition) is 1. The zero-order chi connectivity index (χ0) is 21.5. The molecule has 1 aromatic heterocycles. The van der Waals surface area contributed by atoms with Gasteiger partial charge in [0.1, 0.15) is 5.75 Å². The van der Waals surface area contributed by atoms with Crippen LogP contribution in [-0.2, 0) is 11.2 Å². The van der Waals surface area contributed by atoms with E-state index < -0.39 is 0 Å². The third kappa shape index (κ3) is 5.95. The maximum Gasteiger partial charge on any atom is 0.226 e. The number of aromatic nitrogens is 1. The van der Waals surface area contributed by atoms with Gasteiger partial charge in [-0.2, -0.15) is 0 Å². The van der Waals surface area contributed by atoms with Gasteiger partial charge in [0.15, 0.2) is 0 Å². The molecule has 6 nitrogen and oxygen atoms in total. The number of ether oxygens (including phenoxy) is 1. The monoisotopic (exact) mass is 410 g/mol. The minimum atomic E-state index is 0.0168. The lowest BCUT2D eigenvalue weighted by molar-refractivity contribution is -0.120. The summed E-state index contributed by atoms with van der Waals surface area (Å²) in [4.78, 5) is 21.4. The number of rotatable bonds is 8. The maximum atomic E-state index is 12.1. The number of benzene rings is 1. The summed E-state index contributed by atoms with van der Waals surface area (Å²) in [5.41, 5.74) is 4.16. The van der Waals surface area contributed by atoms with Crippen molar-refractivity contribution in [2.45, 2.75) is 27.2 Å². The van der Waals surface area contributed by atoms with Crippen LogP contribution in [0.5, 0.6) is 5.75 Å². The molecule has 1 aliphatic rings. The molecule has 0 radical (unpaired) electrons. The SMILES string of the molecule is CCOc1ccc(-c2ccc(CC(=O)NCC(C)C)nc2)c(N2CCN(C)CC2)c1. The average molecular weight is 411 g/mol. The van der Waals surface area contributed by atoms with E-state index in [4.69, 9.17) is 4.74 Å². The molecule has 1 saturated heterocycles. The molecule has 1 N–H and O–H groups in total. The van der Waals surface area contributed by atoms with Crippen molar-refractivity contribution >= 4 is 11.6 Å². The van der Waals surface area contributed by atoms with Gasteiger partial charge in [0.25, 0.3) is 0 Å². The molecule has 2 heterocycles. The van der Waals surface area contributed by atoms with Crippen LogP contribution in [0.2, 0.25) is 0 Å². The summed E-state index contributed by atoms with van der Waals surface area (Å²) >= 11 is 0. The van der Waals surface area contributed by atoms with Gasteiger partial charge in [0.2, 0.25) is 5.91 Å². The predicted molar refractivity (Wildman–Crippen MR) is 122 cm³/mol. The highest BCUT2D eigenvalue weighted by molar-refractivity contribution is 5.81. The first-order valence-electron chi connectivity index (χ1n) is 10.9. The van der Waals surface area contributed by atoms with Gasteiger partial charge in [0, 0.05) is 67.5 Å². The normalized spacial score (nSPS) is 14.8. The number of nitrogens with zero attached hydrogens (tertiary/aromatic N) is 3. The molecule has 3 rings (SSSR count). The van der Waals surface area contributed by atoms with Crippen LogP contribution in [0.15, 0.2) is 36.5 Å². The Balaban J connectivity index is 1.79. The van der Waals surface area contributed by atoms with E-state index in [1.165, 1.54) is 5.69 Å². The molecule has 162 valence electrons. The van der Waals surface area contributed by atoms with E-state index in [9.17, 15) is 4.79 Å². The van der Waals surface area contributed by atoms with E-state index in [0.29, 0.717) is 25.5 Å². The Hall–Kier alpha value is -2.60. The Morgan fingerprint density at radius 1 is 1.17 bits per heavy atom. The number of carbonyl (C=O) groups excluding carboxylic acids is 1. The standard InChI is InChI=1S/C24H34N4O2/c1-5-30-21-8-9-22(23(15-21)28-12-10-27(4)11-13-28)19-6-7-20(25-17-19)14-24(29)26-16-18(2)3/h6-9,15,17-18H,5,10-14,16H2,1-4H3,(H,26,29). The molecule has 0 saturated carbocycles. The van der Waals surface area contributed by atoms with Gasteiger partial charge in [-0.25, -0.2) is 0 Å². The van der Waals surface area contributed by atoms with Crippen molar-refractivity contribution in [3.8, 4) is 16.9 Å². The molecular weight excluding hydrogens is 376 g/mol. The summed E-state index contributed by atoms with van der Waals surface area (Å²) in [6.45, 7) is 11.6. The Kier molecular flexibility index (Phi) is 7.69. The summed E-state index contributed by atoms with van der Waals surface area (Å²) in [6, 6.07) is 10.3. The molecule has 30 heavy (non-hydrogen) atoms. The number of pyridine rings is 1. The highest BCUT2D eigenvalue weighted by Gasteiger charge is 2.19. The van der Waals surface area contributed by atoms with Crippen molar-refractivity contribution in [1.82, 2.24) is 15.2 Å². The molecule has 6 heteroatoms.